The van der Waals surface area contributed by atoms with Gasteiger partial charge in [0.15, 0.2) is 16.6 Å². The first-order valence-corrected chi connectivity index (χ1v) is 121. The lowest BCUT2D eigenvalue weighted by atomic mass is 10.4. The number of carbonyl (C=O) groups is 2. The molecule has 0 rings (SSSR count). The molecular weight excluding hydrogens is 2090 g/mol. The predicted molar refractivity (Wildman–Crippen MR) is 578 cm³/mol. The second-order valence-corrected chi connectivity index (χ2v) is 144. The van der Waals surface area contributed by atoms with E-state index in [1.807, 2.05) is 92.4 Å². The Morgan fingerprint density at radius 1 is 0.213 bits per heavy atom. The van der Waals surface area contributed by atoms with Crippen LogP contribution in [0.1, 0.15) is 33.6 Å². The van der Waals surface area contributed by atoms with Crippen LogP contribution >= 0.6 is 0 Å². The van der Waals surface area contributed by atoms with Gasteiger partial charge < -0.3 is 126 Å². The number of carbonyl (C=O) groups excluding carboxylic acids is 2. The van der Waals surface area contributed by atoms with Gasteiger partial charge in [0.05, 0.1) is 26.6 Å². The second-order valence-electron chi connectivity index (χ2n) is 44.2. The van der Waals surface area contributed by atoms with E-state index in [4.69, 9.17) is 116 Å². The van der Waals surface area contributed by atoms with Crippen LogP contribution in [0.3, 0.4) is 0 Å². The van der Waals surface area contributed by atoms with Crippen molar-refractivity contribution in [1.29, 1.82) is 0 Å². The molecule has 0 bridgehead atoms. The van der Waals surface area contributed by atoms with Crippen molar-refractivity contribution >= 4 is 243 Å². The molecule has 0 aromatic heterocycles. The van der Waals surface area contributed by atoms with Crippen molar-refractivity contribution < 1.29 is 136 Å². The van der Waals surface area contributed by atoms with E-state index >= 15 is 0 Å². The van der Waals surface area contributed by atoms with Gasteiger partial charge in [-0.15, -0.1) is 0 Å². The Hall–Kier alpha value is 3.10. The quantitative estimate of drug-likeness (QED) is 0.0236. The van der Waals surface area contributed by atoms with Crippen molar-refractivity contribution in [1.82, 2.24) is 0 Å². The molecule has 32 nitrogen and oxygen atoms in total. The fraction of sp³-hybridized carbons (Fsp3) is 0.941. The Balaban J connectivity index is -0.0000162. The van der Waals surface area contributed by atoms with Crippen LogP contribution in [0.4, 0.5) is 9.59 Å². The van der Waals surface area contributed by atoms with E-state index in [0.29, 0.717) is 6.61 Å². The highest BCUT2D eigenvalue weighted by Gasteiger charge is 2.57. The van der Waals surface area contributed by atoms with Crippen molar-refractivity contribution in [2.45, 2.75) is 400 Å². The Bertz CT molecular complexity index is 3310. The largest absolute Gasteiger partial charge is 0.512 e. The van der Waals surface area contributed by atoms with Crippen LogP contribution in [0.25, 0.3) is 0 Å². The summed E-state index contributed by atoms with van der Waals surface area (Å²) in [6.45, 7) is 123. The van der Waals surface area contributed by atoms with Crippen LogP contribution in [0.5, 0.6) is 0 Å². The minimum atomic E-state index is -2.93. The molecule has 0 N–H and O–H groups in total. The average Bonchev–Trinajstić information content (AvgIpc) is 0.802. The first-order valence-electron chi connectivity index (χ1n) is 44.5. The van der Waals surface area contributed by atoms with Gasteiger partial charge in [0, 0.05) is 0 Å². The second kappa shape index (κ2) is 49.4. The topological polar surface area (TPSA) is 311 Å². The van der Waals surface area contributed by atoms with E-state index in [-0.39, 0.29) is 6.61 Å². The van der Waals surface area contributed by atoms with Gasteiger partial charge in [0.25, 0.3) is 0 Å². The van der Waals surface area contributed by atoms with Gasteiger partial charge in [0.2, 0.25) is 0 Å². The minimum absolute atomic E-state index is 0.290. The summed E-state index contributed by atoms with van der Waals surface area (Å²) in [6, 6.07) is 0.906. The lowest BCUT2D eigenvalue weighted by Gasteiger charge is -2.45. The minimum Gasteiger partial charge on any atom is -0.437 e. The molecule has 0 fully saturated rings. The fourth-order valence-corrected chi connectivity index (χ4v) is 157. The van der Waals surface area contributed by atoms with Crippen LogP contribution in [0.15, 0.2) is 12.8 Å². The molecule has 0 aromatic rings. The molecule has 762 valence electrons. The smallest absolute Gasteiger partial charge is 0.437 e. The molecule has 0 atom stereocenters. The summed E-state index contributed by atoms with van der Waals surface area (Å²) in [5, 5.41) is 0. The molecule has 0 unspecified atom stereocenters. The third-order valence-electron chi connectivity index (χ3n) is 14.9. The summed E-state index contributed by atoms with van der Waals surface area (Å²) in [7, 11) is -73.8. The third kappa shape index (κ3) is 67.2. The highest BCUT2D eigenvalue weighted by Crippen LogP contribution is 2.38. The van der Waals surface area contributed by atoms with Crippen molar-refractivity contribution in [3.63, 3.8) is 0 Å². The molecule has 59 heteroatoms. The number of hydrogen-bond donors (Lipinski definition) is 0. The fourth-order valence-electron chi connectivity index (χ4n) is 17.3. The SMILES string of the molecule is C=COC(=O)OC.CC.CCOC(=O)OCCCC[Si](C)(C)O[Si](C)(C)O[Si](C)(C)O[Si](C)(C)O[Si](C)(C)O[Si](C)(C)O[Si](C)(C)O[Si](C)(C)O[Si](C)(C)O[Si](C)(C)O[Si](C)(C)O[Si](C)(C)O[Si](C)(C)O[Si](C)(C)O[Si](C)(C)O[Si](C)(C)O[Si](C)(C)O[Si](C)(C)O[Si](C)(C)O[Si](C)(C)O[Si](C)(C)O[Si](C)(C)O[Si](C)(C)O[Si](C)(C)O[Si](C)(C)O[Si](C)(C)O[Si](C)(C)C. The monoisotopic (exact) mass is 2270 g/mol. The zero-order valence-electron chi connectivity index (χ0n) is 91.4. The van der Waals surface area contributed by atoms with Gasteiger partial charge in [-0.2, -0.15) is 0 Å². The summed E-state index contributed by atoms with van der Waals surface area (Å²) in [4.78, 5) is 21.5. The Morgan fingerprint density at radius 2 is 0.354 bits per heavy atom. The number of ether oxygens (including phenoxy) is 4. The van der Waals surface area contributed by atoms with Crippen LogP contribution in [-0.2, 0) is 126 Å². The first kappa shape index (κ1) is 134. The van der Waals surface area contributed by atoms with Crippen LogP contribution in [-0.4, -0.2) is 263 Å². The van der Waals surface area contributed by atoms with Gasteiger partial charge in [-0.1, -0.05) is 26.8 Å². The molecule has 0 aromatic carbocycles. The molecule has 0 aliphatic rings. The maximum absolute atomic E-state index is 11.6. The average molecular weight is 2280 g/mol. The maximum atomic E-state index is 11.6. The Morgan fingerprint density at radius 3 is 0.472 bits per heavy atom. The highest BCUT2D eigenvalue weighted by atomic mass is 28.6. The molecule has 127 heavy (non-hydrogen) atoms. The van der Waals surface area contributed by atoms with E-state index in [9.17, 15) is 9.59 Å². The van der Waals surface area contributed by atoms with Crippen LogP contribution in [0, 0.1) is 0 Å². The molecule has 0 saturated carbocycles. The van der Waals surface area contributed by atoms with Gasteiger partial charge in [-0.25, -0.2) is 9.59 Å². The van der Waals surface area contributed by atoms with E-state index < -0.39 is 243 Å². The molecule has 0 radical (unpaired) electrons. The summed E-state index contributed by atoms with van der Waals surface area (Å²) in [6.07, 6.45) is 1.25. The third-order valence-corrected chi connectivity index (χ3v) is 119. The van der Waals surface area contributed by atoms with Gasteiger partial charge in [-0.3, -0.25) is 0 Å². The normalized spacial score (nSPS) is 15.2. The van der Waals surface area contributed by atoms with Crippen LogP contribution < -0.4 is 0 Å². The van der Waals surface area contributed by atoms with E-state index in [1.54, 1.807) is 6.92 Å². The summed E-state index contributed by atoms with van der Waals surface area (Å²) < 4.78 is 198. The first-order chi connectivity index (χ1) is 55.1. The Labute approximate surface area is 804 Å². The molecule has 0 spiro atoms. The lowest BCUT2D eigenvalue weighted by molar-refractivity contribution is 0.0580. The van der Waals surface area contributed by atoms with E-state index in [0.717, 1.165) is 25.1 Å². The van der Waals surface area contributed by atoms with Gasteiger partial charge >= 0.3 is 226 Å². The molecule has 0 amide bonds. The number of unbranched alkanes of at least 4 members (excludes halogenated alkanes) is 1. The zero-order valence-corrected chi connectivity index (χ0v) is 118. The predicted octanol–water partition coefficient (Wildman–Crippen LogP) is 23.9. The molecule has 0 aliphatic heterocycles. The van der Waals surface area contributed by atoms with Crippen LogP contribution in [0.2, 0.25) is 366 Å². The molecular formula is C68H190O32Si27. The Kier molecular flexibility index (Phi) is 52.2. The summed E-state index contributed by atoms with van der Waals surface area (Å²) in [5.41, 5.74) is 0. The van der Waals surface area contributed by atoms with Crippen molar-refractivity contribution in [2.24, 2.45) is 0 Å². The van der Waals surface area contributed by atoms with E-state index in [2.05, 4.69) is 298 Å². The maximum Gasteiger partial charge on any atom is 0.512 e. The molecule has 0 heterocycles. The summed E-state index contributed by atoms with van der Waals surface area (Å²) >= 11 is 0. The zero-order chi connectivity index (χ0) is 102. The highest BCUT2D eigenvalue weighted by molar-refractivity contribution is 6.98. The van der Waals surface area contributed by atoms with Gasteiger partial charge in [0.1, 0.15) is 0 Å². The molecule has 0 aliphatic carbocycles. The standard InChI is InChI=1S/C62H178O29Si27.C4H6O3.C2H6/c1-57-64-62(63)65-60-58-59-61-93(5,6)67-95(9,10)69-97(13,14)71-99(17,18)73-101(21,22)75-103(25,26)77-105(29,30)79-107(33,34)81-109(37,38)83-111(41,42)85-113(45,46)87-115(49,50)89-117(53,54)91-118(55,56)90-116(51,52)88-114(47,48)86-112(43,44)84-110(39,40)82-108(35,36)80-106(31,32)78-104(27,28)76-102(23,24)74-100(19,20)72-98(15,16)70-96(11,12)68-94(7,8)66-92(2,3)4;1-3-7-4(5)6-2;1-2/h57-61H2,1-56H3;3H,1H2,2H3;1-2H3. The van der Waals surface area contributed by atoms with Crippen molar-refractivity contribution in [3.05, 3.63) is 12.8 Å². The lowest BCUT2D eigenvalue weighted by Crippen LogP contribution is -2.63. The van der Waals surface area contributed by atoms with Gasteiger partial charge in [-0.05, 0) is 379 Å². The molecule has 0 saturated heterocycles. The van der Waals surface area contributed by atoms with E-state index in [1.165, 1.54) is 7.11 Å². The van der Waals surface area contributed by atoms with Crippen molar-refractivity contribution in [2.75, 3.05) is 20.3 Å². The number of methoxy groups -OCH3 is 1. The summed E-state index contributed by atoms with van der Waals surface area (Å²) in [5.74, 6) is 0. The number of rotatable bonds is 59. The van der Waals surface area contributed by atoms with Crippen molar-refractivity contribution in [3.8, 4) is 0 Å². The number of hydrogen-bond acceptors (Lipinski definition) is 32.